The van der Waals surface area contributed by atoms with Crippen molar-refractivity contribution >= 4 is 11.9 Å². The second-order valence-electron chi connectivity index (χ2n) is 3.24. The maximum Gasteiger partial charge on any atom is 0.327 e. The minimum Gasteiger partial charge on any atom is -0.480 e. The van der Waals surface area contributed by atoms with Gasteiger partial charge in [-0.2, -0.15) is 0 Å². The first-order valence-corrected chi connectivity index (χ1v) is 4.48. The molecule has 1 unspecified atom stereocenters. The van der Waals surface area contributed by atoms with Crippen LogP contribution in [0.1, 0.15) is 6.92 Å². The van der Waals surface area contributed by atoms with E-state index in [0.29, 0.717) is 0 Å². The van der Waals surface area contributed by atoms with Crippen LogP contribution in [0.2, 0.25) is 0 Å². The van der Waals surface area contributed by atoms with Crippen molar-refractivity contribution < 1.29 is 28.6 Å². The summed E-state index contributed by atoms with van der Waals surface area (Å²) in [6.07, 6.45) is 0. The molecule has 1 amide bonds. The first-order valence-electron chi connectivity index (χ1n) is 4.48. The van der Waals surface area contributed by atoms with Crippen molar-refractivity contribution in [2.24, 2.45) is 0 Å². The monoisotopic (exact) mass is 240 g/mol. The van der Waals surface area contributed by atoms with E-state index in [4.69, 9.17) is 10.2 Å². The highest BCUT2D eigenvalue weighted by Crippen LogP contribution is 2.09. The zero-order valence-electron chi connectivity index (χ0n) is 8.67. The van der Waals surface area contributed by atoms with Gasteiger partial charge in [0.05, 0.1) is 6.54 Å². The summed E-state index contributed by atoms with van der Waals surface area (Å²) in [5.41, 5.74) is 0. The molecule has 0 saturated carbocycles. The average molecular weight is 240 g/mol. The molecule has 0 aromatic heterocycles. The van der Waals surface area contributed by atoms with Crippen LogP contribution in [0.15, 0.2) is 0 Å². The number of alkyl halides is 2. The first-order chi connectivity index (χ1) is 7.28. The van der Waals surface area contributed by atoms with Crippen LogP contribution < -0.4 is 10.6 Å². The molecule has 8 heteroatoms. The molecule has 0 bridgehead atoms. The van der Waals surface area contributed by atoms with Gasteiger partial charge in [0.25, 0.3) is 5.92 Å². The number of rotatable bonds is 7. The van der Waals surface area contributed by atoms with Crippen LogP contribution in [0, 0.1) is 0 Å². The molecule has 0 heterocycles. The van der Waals surface area contributed by atoms with E-state index < -0.39 is 37.0 Å². The minimum absolute atomic E-state index is 0.343. The van der Waals surface area contributed by atoms with Crippen LogP contribution >= 0.6 is 0 Å². The highest BCUT2D eigenvalue weighted by atomic mass is 19.3. The van der Waals surface area contributed by atoms with Gasteiger partial charge in [-0.3, -0.25) is 4.79 Å². The van der Waals surface area contributed by atoms with E-state index in [2.05, 4.69) is 10.6 Å². The molecule has 0 radical (unpaired) electrons. The van der Waals surface area contributed by atoms with Crippen molar-refractivity contribution in [3.8, 4) is 0 Å². The number of halogens is 2. The highest BCUT2D eigenvalue weighted by molar-refractivity contribution is 5.82. The maximum atomic E-state index is 12.5. The van der Waals surface area contributed by atoms with Crippen molar-refractivity contribution in [1.82, 2.24) is 10.6 Å². The van der Waals surface area contributed by atoms with E-state index in [0.717, 1.165) is 6.92 Å². The molecule has 4 N–H and O–H groups in total. The van der Waals surface area contributed by atoms with Crippen molar-refractivity contribution in [1.29, 1.82) is 0 Å². The summed E-state index contributed by atoms with van der Waals surface area (Å²) in [6.45, 7) is -1.40. The smallest absolute Gasteiger partial charge is 0.327 e. The largest absolute Gasteiger partial charge is 0.480 e. The molecule has 0 fully saturated rings. The maximum absolute atomic E-state index is 12.5. The normalized spacial score (nSPS) is 13.2. The van der Waals surface area contributed by atoms with E-state index in [9.17, 15) is 18.4 Å². The van der Waals surface area contributed by atoms with E-state index in [1.807, 2.05) is 0 Å². The van der Waals surface area contributed by atoms with E-state index >= 15 is 0 Å². The third-order valence-electron chi connectivity index (χ3n) is 1.64. The van der Waals surface area contributed by atoms with Gasteiger partial charge in [-0.15, -0.1) is 0 Å². The number of aliphatic hydroxyl groups is 1. The summed E-state index contributed by atoms with van der Waals surface area (Å²) >= 11 is 0. The lowest BCUT2D eigenvalue weighted by Crippen LogP contribution is -2.48. The molecule has 0 aliphatic rings. The lowest BCUT2D eigenvalue weighted by molar-refractivity contribution is -0.141. The van der Waals surface area contributed by atoms with Crippen LogP contribution in [0.25, 0.3) is 0 Å². The van der Waals surface area contributed by atoms with E-state index in [-0.39, 0.29) is 6.54 Å². The molecule has 0 aromatic carbocycles. The van der Waals surface area contributed by atoms with Gasteiger partial charge in [-0.1, -0.05) is 0 Å². The second kappa shape index (κ2) is 6.33. The summed E-state index contributed by atoms with van der Waals surface area (Å²) in [5.74, 6) is -5.20. The number of carboxylic acids is 1. The van der Waals surface area contributed by atoms with Gasteiger partial charge in [0.15, 0.2) is 0 Å². The average Bonchev–Trinajstić information content (AvgIpc) is 2.15. The zero-order valence-corrected chi connectivity index (χ0v) is 8.67. The lowest BCUT2D eigenvalue weighted by Gasteiger charge is -2.17. The molecule has 0 aliphatic heterocycles. The molecule has 0 aromatic rings. The van der Waals surface area contributed by atoms with Crippen LogP contribution in [0.4, 0.5) is 8.78 Å². The van der Waals surface area contributed by atoms with Gasteiger partial charge in [-0.25, -0.2) is 13.6 Å². The molecule has 6 nitrogen and oxygen atoms in total. The van der Waals surface area contributed by atoms with E-state index in [1.165, 1.54) is 0 Å². The Morgan fingerprint density at radius 1 is 1.44 bits per heavy atom. The Morgan fingerprint density at radius 3 is 2.38 bits per heavy atom. The number of carbonyl (C=O) groups excluding carboxylic acids is 1. The number of carbonyl (C=O) groups is 2. The molecular weight excluding hydrogens is 226 g/mol. The Morgan fingerprint density at radius 2 is 2.00 bits per heavy atom. The molecule has 0 aliphatic carbocycles. The third-order valence-corrected chi connectivity index (χ3v) is 1.64. The third kappa shape index (κ3) is 6.25. The van der Waals surface area contributed by atoms with Crippen LogP contribution in [-0.2, 0) is 9.59 Å². The van der Waals surface area contributed by atoms with Crippen molar-refractivity contribution in [3.05, 3.63) is 0 Å². The molecular formula is C8H14F2N2O4. The zero-order chi connectivity index (χ0) is 12.8. The predicted molar refractivity (Wildman–Crippen MR) is 50.1 cm³/mol. The molecule has 0 spiro atoms. The van der Waals surface area contributed by atoms with Gasteiger partial charge >= 0.3 is 5.97 Å². The van der Waals surface area contributed by atoms with Gasteiger partial charge in [0, 0.05) is 13.5 Å². The fourth-order valence-corrected chi connectivity index (χ4v) is 0.901. The minimum atomic E-state index is -3.31. The standard InChI is InChI=1S/C8H14F2N2O4/c1-5(14)12-6(7(15)16)2-11-3-8(9,10)4-13/h6,11,13H,2-4H2,1H3,(H,12,14)(H,15,16). The first kappa shape index (κ1) is 14.7. The quantitative estimate of drug-likeness (QED) is 0.447. The number of aliphatic carboxylic acids is 1. The predicted octanol–water partition coefficient (Wildman–Crippen LogP) is -1.21. The molecule has 0 saturated heterocycles. The van der Waals surface area contributed by atoms with Crippen LogP contribution in [0.3, 0.4) is 0 Å². The van der Waals surface area contributed by atoms with Crippen molar-refractivity contribution in [2.45, 2.75) is 18.9 Å². The van der Waals surface area contributed by atoms with Crippen molar-refractivity contribution in [3.63, 3.8) is 0 Å². The number of aliphatic hydroxyl groups excluding tert-OH is 1. The Bertz CT molecular complexity index is 260. The lowest BCUT2D eigenvalue weighted by atomic mass is 10.2. The number of amides is 1. The number of nitrogens with one attached hydrogen (secondary N) is 2. The van der Waals surface area contributed by atoms with Crippen LogP contribution in [0.5, 0.6) is 0 Å². The molecule has 0 rings (SSSR count). The SMILES string of the molecule is CC(=O)NC(CNCC(F)(F)CO)C(=O)O. The van der Waals surface area contributed by atoms with Crippen LogP contribution in [-0.4, -0.2) is 53.8 Å². The summed E-state index contributed by atoms with van der Waals surface area (Å²) in [6, 6.07) is -1.27. The Balaban J connectivity index is 4.04. The van der Waals surface area contributed by atoms with Crippen molar-refractivity contribution in [2.75, 3.05) is 19.7 Å². The van der Waals surface area contributed by atoms with Gasteiger partial charge in [0.2, 0.25) is 5.91 Å². The fraction of sp³-hybridized carbons (Fsp3) is 0.750. The van der Waals surface area contributed by atoms with Gasteiger partial charge in [-0.05, 0) is 0 Å². The Labute approximate surface area is 90.6 Å². The second-order valence-corrected chi connectivity index (χ2v) is 3.24. The molecule has 16 heavy (non-hydrogen) atoms. The number of hydrogen-bond donors (Lipinski definition) is 4. The topological polar surface area (TPSA) is 98.7 Å². The highest BCUT2D eigenvalue weighted by Gasteiger charge is 2.28. The summed E-state index contributed by atoms with van der Waals surface area (Å²) in [7, 11) is 0. The number of hydrogen-bond acceptors (Lipinski definition) is 4. The van der Waals surface area contributed by atoms with E-state index in [1.54, 1.807) is 0 Å². The summed E-state index contributed by atoms with van der Waals surface area (Å²) in [5, 5.41) is 21.1. The Kier molecular flexibility index (Phi) is 5.83. The Hall–Kier alpha value is -1.28. The van der Waals surface area contributed by atoms with Gasteiger partial charge in [0.1, 0.15) is 12.6 Å². The fourth-order valence-electron chi connectivity index (χ4n) is 0.901. The van der Waals surface area contributed by atoms with Gasteiger partial charge < -0.3 is 20.8 Å². The summed E-state index contributed by atoms with van der Waals surface area (Å²) in [4.78, 5) is 21.2. The molecule has 1 atom stereocenters. The number of carboxylic acid groups (broad SMARTS) is 1. The summed E-state index contributed by atoms with van der Waals surface area (Å²) < 4.78 is 25.0. The molecule has 94 valence electrons.